The maximum absolute atomic E-state index is 8.62. The molecule has 2 heterocycles. The molecule has 0 saturated heterocycles. The molecule has 4 heteroatoms. The van der Waals surface area contributed by atoms with Crippen molar-refractivity contribution in [3.63, 3.8) is 0 Å². The second-order valence-electron chi connectivity index (χ2n) is 1.97. The summed E-state index contributed by atoms with van der Waals surface area (Å²) in [6, 6.07) is 3.89. The van der Waals surface area contributed by atoms with Gasteiger partial charge in [-0.15, -0.1) is 11.3 Å². The van der Waals surface area contributed by atoms with Gasteiger partial charge in [0.1, 0.15) is 12.4 Å². The minimum absolute atomic E-state index is 0.463. The van der Waals surface area contributed by atoms with Crippen LogP contribution >= 0.6 is 11.3 Å². The van der Waals surface area contributed by atoms with Crippen LogP contribution in [0.1, 0.15) is 5.69 Å². The monoisotopic (exact) mass is 161 g/mol. The Morgan fingerprint density at radius 3 is 3.18 bits per heavy atom. The first-order valence-corrected chi connectivity index (χ1v) is 3.88. The fraction of sp³-hybridized carbons (Fsp3) is 0. The minimum Gasteiger partial charge on any atom is -0.235 e. The quantitative estimate of drug-likeness (QED) is 0.589. The molecule has 11 heavy (non-hydrogen) atoms. The molecule has 3 nitrogen and oxygen atoms in total. The highest BCUT2D eigenvalue weighted by atomic mass is 32.1. The predicted molar refractivity (Wildman–Crippen MR) is 42.1 cm³/mol. The Morgan fingerprint density at radius 2 is 2.36 bits per heavy atom. The Morgan fingerprint density at radius 1 is 1.45 bits per heavy atom. The van der Waals surface area contributed by atoms with Gasteiger partial charge in [0.2, 0.25) is 0 Å². The van der Waals surface area contributed by atoms with Gasteiger partial charge in [0.25, 0.3) is 0 Å². The maximum Gasteiger partial charge on any atom is 0.161 e. The van der Waals surface area contributed by atoms with Gasteiger partial charge < -0.3 is 0 Å². The van der Waals surface area contributed by atoms with Gasteiger partial charge >= 0.3 is 0 Å². The lowest BCUT2D eigenvalue weighted by atomic mass is 10.4. The van der Waals surface area contributed by atoms with Gasteiger partial charge in [-0.25, -0.2) is 9.97 Å². The Labute approximate surface area is 67.0 Å². The van der Waals surface area contributed by atoms with Crippen LogP contribution in [0.25, 0.3) is 10.2 Å². The van der Waals surface area contributed by atoms with E-state index < -0.39 is 0 Å². The lowest BCUT2D eigenvalue weighted by Gasteiger charge is -1.87. The van der Waals surface area contributed by atoms with Crippen LogP contribution in [0.15, 0.2) is 17.8 Å². The molecular formula is C7H3N3S. The van der Waals surface area contributed by atoms with E-state index in [9.17, 15) is 0 Å². The summed E-state index contributed by atoms with van der Waals surface area (Å²) in [7, 11) is 0. The van der Waals surface area contributed by atoms with Crippen LogP contribution < -0.4 is 0 Å². The number of nitriles is 1. The van der Waals surface area contributed by atoms with E-state index in [1.54, 1.807) is 0 Å². The fourth-order valence-electron chi connectivity index (χ4n) is 0.868. The van der Waals surface area contributed by atoms with Gasteiger partial charge in [-0.1, -0.05) is 0 Å². The number of fused-ring (bicyclic) bond motifs is 1. The topological polar surface area (TPSA) is 49.6 Å². The average Bonchev–Trinajstić information content (AvgIpc) is 2.50. The van der Waals surface area contributed by atoms with Gasteiger partial charge in [0.15, 0.2) is 5.69 Å². The smallest absolute Gasteiger partial charge is 0.161 e. The van der Waals surface area contributed by atoms with Crippen molar-refractivity contribution in [2.24, 2.45) is 0 Å². The third-order valence-corrected chi connectivity index (χ3v) is 2.26. The highest BCUT2D eigenvalue weighted by molar-refractivity contribution is 7.17. The van der Waals surface area contributed by atoms with Crippen LogP contribution in [-0.4, -0.2) is 9.97 Å². The van der Waals surface area contributed by atoms with Crippen LogP contribution in [0.2, 0.25) is 0 Å². The van der Waals surface area contributed by atoms with Gasteiger partial charge in [0, 0.05) is 0 Å². The molecule has 2 aromatic heterocycles. The summed E-state index contributed by atoms with van der Waals surface area (Å²) in [4.78, 5) is 7.83. The van der Waals surface area contributed by atoms with Crippen molar-refractivity contribution in [1.29, 1.82) is 5.26 Å². The van der Waals surface area contributed by atoms with Crippen LogP contribution in [0.4, 0.5) is 0 Å². The molecule has 0 amide bonds. The largest absolute Gasteiger partial charge is 0.235 e. The molecular weight excluding hydrogens is 158 g/mol. The predicted octanol–water partition coefficient (Wildman–Crippen LogP) is 1.56. The zero-order chi connectivity index (χ0) is 7.68. The van der Waals surface area contributed by atoms with Crippen LogP contribution in [-0.2, 0) is 0 Å². The molecule has 0 aliphatic rings. The molecule has 0 radical (unpaired) electrons. The van der Waals surface area contributed by atoms with E-state index >= 15 is 0 Å². The van der Waals surface area contributed by atoms with Crippen molar-refractivity contribution in [3.05, 3.63) is 23.5 Å². The highest BCUT2D eigenvalue weighted by Crippen LogP contribution is 2.19. The first-order valence-electron chi connectivity index (χ1n) is 3.00. The Hall–Kier alpha value is -1.47. The van der Waals surface area contributed by atoms with Crippen LogP contribution in [0.3, 0.4) is 0 Å². The van der Waals surface area contributed by atoms with Gasteiger partial charge in [0.05, 0.1) is 10.2 Å². The molecule has 0 atom stereocenters. The highest BCUT2D eigenvalue weighted by Gasteiger charge is 2.01. The lowest BCUT2D eigenvalue weighted by molar-refractivity contribution is 1.20. The fourth-order valence-corrected chi connectivity index (χ4v) is 1.65. The second-order valence-corrected chi connectivity index (χ2v) is 2.89. The summed E-state index contributed by atoms with van der Waals surface area (Å²) in [5.74, 6) is 0. The number of rotatable bonds is 0. The molecule has 0 unspecified atom stereocenters. The van der Waals surface area contributed by atoms with E-state index in [-0.39, 0.29) is 0 Å². The summed E-state index contributed by atoms with van der Waals surface area (Å²) in [6.07, 6.45) is 1.41. The van der Waals surface area contributed by atoms with E-state index in [0.29, 0.717) is 5.69 Å². The number of nitrogens with zero attached hydrogens (tertiary/aromatic N) is 3. The van der Waals surface area contributed by atoms with E-state index in [0.717, 1.165) is 10.2 Å². The Bertz CT molecular complexity index is 426. The zero-order valence-corrected chi connectivity index (χ0v) is 6.30. The number of hydrogen-bond acceptors (Lipinski definition) is 4. The van der Waals surface area contributed by atoms with Gasteiger partial charge in [-0.3, -0.25) is 0 Å². The second kappa shape index (κ2) is 2.29. The molecule has 0 N–H and O–H groups in total. The summed E-state index contributed by atoms with van der Waals surface area (Å²) in [6.45, 7) is 0. The SMILES string of the molecule is N#Cc1ncnc2ccsc12. The Kier molecular flexibility index (Phi) is 1.30. The molecule has 0 aliphatic carbocycles. The first-order chi connectivity index (χ1) is 5.42. The standard InChI is InChI=1S/C7H3N3S/c8-3-6-7-5(1-2-11-7)9-4-10-6/h1-2,4H. The summed E-state index contributed by atoms with van der Waals surface area (Å²) >= 11 is 1.49. The number of aromatic nitrogens is 2. The molecule has 52 valence electrons. The van der Waals surface area contributed by atoms with Gasteiger partial charge in [-0.05, 0) is 11.4 Å². The van der Waals surface area contributed by atoms with Crippen molar-refractivity contribution in [2.75, 3.05) is 0 Å². The number of hydrogen-bond donors (Lipinski definition) is 0. The molecule has 0 fully saturated rings. The van der Waals surface area contributed by atoms with E-state index in [4.69, 9.17) is 5.26 Å². The van der Waals surface area contributed by atoms with Crippen molar-refractivity contribution in [3.8, 4) is 6.07 Å². The third-order valence-electron chi connectivity index (χ3n) is 1.35. The molecule has 0 saturated carbocycles. The summed E-state index contributed by atoms with van der Waals surface area (Å²) in [5.41, 5.74) is 1.31. The summed E-state index contributed by atoms with van der Waals surface area (Å²) < 4.78 is 0.870. The molecule has 0 spiro atoms. The van der Waals surface area contributed by atoms with Crippen LogP contribution in [0.5, 0.6) is 0 Å². The molecule has 0 aromatic carbocycles. The zero-order valence-electron chi connectivity index (χ0n) is 5.48. The van der Waals surface area contributed by atoms with Crippen molar-refractivity contribution >= 4 is 21.6 Å². The normalized spacial score (nSPS) is 9.73. The molecule has 0 bridgehead atoms. The van der Waals surface area contributed by atoms with Crippen molar-refractivity contribution in [1.82, 2.24) is 9.97 Å². The Balaban J connectivity index is 2.92. The first kappa shape index (κ1) is 6.25. The maximum atomic E-state index is 8.62. The number of thiophene rings is 1. The van der Waals surface area contributed by atoms with E-state index in [1.165, 1.54) is 17.7 Å². The van der Waals surface area contributed by atoms with E-state index in [2.05, 4.69) is 9.97 Å². The molecule has 0 aliphatic heterocycles. The van der Waals surface area contributed by atoms with Gasteiger partial charge in [-0.2, -0.15) is 5.26 Å². The average molecular weight is 161 g/mol. The summed E-state index contributed by atoms with van der Waals surface area (Å²) in [5, 5.41) is 10.5. The molecule has 2 rings (SSSR count). The third kappa shape index (κ3) is 0.863. The van der Waals surface area contributed by atoms with Crippen LogP contribution in [0, 0.1) is 11.3 Å². The van der Waals surface area contributed by atoms with E-state index in [1.807, 2.05) is 17.5 Å². The lowest BCUT2D eigenvalue weighted by Crippen LogP contribution is -1.82. The molecule has 2 aromatic rings. The van der Waals surface area contributed by atoms with Crippen molar-refractivity contribution in [2.45, 2.75) is 0 Å². The van der Waals surface area contributed by atoms with Crippen molar-refractivity contribution < 1.29 is 0 Å². The minimum atomic E-state index is 0.463.